The molecule has 0 spiro atoms. The quantitative estimate of drug-likeness (QED) is 0.573. The maximum Gasteiger partial charge on any atom is 0.573 e. The molecular weight excluding hydrogens is 490 g/mol. The van der Waals surface area contributed by atoms with E-state index in [4.69, 9.17) is 4.74 Å². The lowest BCUT2D eigenvalue weighted by atomic mass is 10.1. The number of alkyl carbamates (subject to hydrolysis) is 1. The van der Waals surface area contributed by atoms with Gasteiger partial charge in [0.1, 0.15) is 29.3 Å². The van der Waals surface area contributed by atoms with Crippen LogP contribution in [-0.2, 0) is 16.1 Å². The molecule has 7 nitrogen and oxygen atoms in total. The summed E-state index contributed by atoms with van der Waals surface area (Å²) in [4.78, 5) is 27.4. The molecule has 0 aromatic heterocycles. The lowest BCUT2D eigenvalue weighted by molar-refractivity contribution is -0.274. The van der Waals surface area contributed by atoms with Gasteiger partial charge in [-0.25, -0.2) is 9.18 Å². The second kappa shape index (κ2) is 10.0. The third-order valence-corrected chi connectivity index (χ3v) is 5.76. The molecule has 0 saturated carbocycles. The summed E-state index contributed by atoms with van der Waals surface area (Å²) in [6.45, 7) is 4.87. The van der Waals surface area contributed by atoms with Gasteiger partial charge in [0.25, 0.3) is 5.91 Å². The molecule has 1 heterocycles. The number of thioether (sulfide) groups is 1. The van der Waals surface area contributed by atoms with E-state index in [1.807, 2.05) is 0 Å². The molecule has 0 bridgehead atoms. The second-order valence-corrected chi connectivity index (χ2v) is 9.60. The monoisotopic (exact) mass is 511 g/mol. The average Bonchev–Trinajstić information content (AvgIpc) is 2.84. The molecule has 1 atom stereocenters. The summed E-state index contributed by atoms with van der Waals surface area (Å²) in [7, 11) is 0. The Balaban J connectivity index is 1.94. The van der Waals surface area contributed by atoms with Crippen LogP contribution in [0.25, 0.3) is 0 Å². The van der Waals surface area contributed by atoms with Crippen LogP contribution in [-0.4, -0.2) is 35.8 Å². The van der Waals surface area contributed by atoms with Crippen molar-refractivity contribution >= 4 is 29.4 Å². The number of ether oxygens (including phenoxy) is 2. The molecular formula is C23H21F4N3O4S. The minimum atomic E-state index is -4.85. The Kier molecular flexibility index (Phi) is 7.50. The first kappa shape index (κ1) is 26.2. The highest BCUT2D eigenvalue weighted by Crippen LogP contribution is 2.37. The molecule has 0 aliphatic carbocycles. The summed E-state index contributed by atoms with van der Waals surface area (Å²) in [5.41, 5.74) is -0.417. The van der Waals surface area contributed by atoms with Crippen LogP contribution in [0, 0.1) is 17.1 Å². The highest BCUT2D eigenvalue weighted by molar-refractivity contribution is 7.99. The van der Waals surface area contributed by atoms with Gasteiger partial charge in [0, 0.05) is 10.6 Å². The zero-order valence-corrected chi connectivity index (χ0v) is 19.7. The average molecular weight is 511 g/mol. The van der Waals surface area contributed by atoms with E-state index in [-0.39, 0.29) is 23.5 Å². The van der Waals surface area contributed by atoms with Crippen molar-refractivity contribution in [2.75, 3.05) is 10.7 Å². The Hall–Kier alpha value is -3.46. The molecule has 12 heteroatoms. The largest absolute Gasteiger partial charge is 0.573 e. The molecule has 0 radical (unpaired) electrons. The first-order valence-electron chi connectivity index (χ1n) is 10.3. The molecule has 2 aromatic carbocycles. The molecule has 1 aliphatic heterocycles. The lowest BCUT2D eigenvalue weighted by Gasteiger charge is -2.27. The Morgan fingerprint density at radius 2 is 1.89 bits per heavy atom. The first-order valence-corrected chi connectivity index (χ1v) is 11.3. The number of nitrogens with one attached hydrogen (secondary N) is 1. The number of amides is 2. The van der Waals surface area contributed by atoms with Gasteiger partial charge in [0.15, 0.2) is 0 Å². The van der Waals surface area contributed by atoms with Gasteiger partial charge in [-0.3, -0.25) is 4.79 Å². The molecule has 1 aliphatic rings. The number of hydrogen-bond donors (Lipinski definition) is 1. The Labute approximate surface area is 203 Å². The maximum absolute atomic E-state index is 14.3. The number of nitriles is 1. The fourth-order valence-corrected chi connectivity index (χ4v) is 4.28. The maximum atomic E-state index is 14.3. The predicted molar refractivity (Wildman–Crippen MR) is 119 cm³/mol. The number of rotatable bonds is 4. The topological polar surface area (TPSA) is 91.7 Å². The van der Waals surface area contributed by atoms with Gasteiger partial charge in [-0.2, -0.15) is 5.26 Å². The third-order valence-electron chi connectivity index (χ3n) is 4.62. The highest BCUT2D eigenvalue weighted by Gasteiger charge is 2.34. The molecule has 0 saturated heterocycles. The van der Waals surface area contributed by atoms with Gasteiger partial charge in [-0.1, -0.05) is 12.1 Å². The number of carbonyl (C=O) groups excluding carboxylic acids is 2. The summed E-state index contributed by atoms with van der Waals surface area (Å²) in [6, 6.07) is 7.93. The number of halogens is 4. The number of alkyl halides is 3. The minimum absolute atomic E-state index is 0.0608. The highest BCUT2D eigenvalue weighted by atomic mass is 32.2. The third kappa shape index (κ3) is 7.02. The van der Waals surface area contributed by atoms with Gasteiger partial charge >= 0.3 is 12.5 Å². The smallest absolute Gasteiger partial charge is 0.444 e. The lowest BCUT2D eigenvalue weighted by Crippen LogP contribution is -2.50. The predicted octanol–water partition coefficient (Wildman–Crippen LogP) is 5.13. The van der Waals surface area contributed by atoms with Gasteiger partial charge in [-0.05, 0) is 50.6 Å². The number of carbonyl (C=O) groups is 2. The summed E-state index contributed by atoms with van der Waals surface area (Å²) in [5.74, 6) is -1.70. The van der Waals surface area contributed by atoms with Gasteiger partial charge in [0.05, 0.1) is 17.8 Å². The van der Waals surface area contributed by atoms with E-state index in [9.17, 15) is 32.4 Å². The van der Waals surface area contributed by atoms with Crippen LogP contribution >= 0.6 is 11.8 Å². The molecule has 2 amide bonds. The Morgan fingerprint density at radius 1 is 1.23 bits per heavy atom. The van der Waals surface area contributed by atoms with E-state index in [1.54, 1.807) is 26.8 Å². The van der Waals surface area contributed by atoms with Crippen LogP contribution in [0.15, 0.2) is 41.3 Å². The molecule has 3 rings (SSSR count). The fraction of sp³-hybridized carbons (Fsp3) is 0.348. The van der Waals surface area contributed by atoms with Crippen molar-refractivity contribution in [2.24, 2.45) is 0 Å². The SMILES string of the molecule is CC(C)(C)OC(=O)N[C@H]1CSc2cc(F)c(C#N)cc2N(Cc2ccc(OC(F)(F)F)cc2)C1=O. The van der Waals surface area contributed by atoms with E-state index in [0.717, 1.165) is 30.0 Å². The van der Waals surface area contributed by atoms with Crippen molar-refractivity contribution in [3.05, 3.63) is 53.3 Å². The van der Waals surface area contributed by atoms with E-state index in [2.05, 4.69) is 10.1 Å². The molecule has 2 aromatic rings. The van der Waals surface area contributed by atoms with Crippen molar-refractivity contribution < 1.29 is 36.6 Å². The summed E-state index contributed by atoms with van der Waals surface area (Å²) in [5, 5.41) is 11.8. The molecule has 0 unspecified atom stereocenters. The van der Waals surface area contributed by atoms with E-state index < -0.39 is 41.6 Å². The number of nitrogens with zero attached hydrogens (tertiary/aromatic N) is 2. The normalized spacial score (nSPS) is 16.1. The zero-order valence-electron chi connectivity index (χ0n) is 18.9. The Bertz CT molecular complexity index is 1160. The molecule has 0 fully saturated rings. The van der Waals surface area contributed by atoms with Crippen molar-refractivity contribution in [1.82, 2.24) is 5.32 Å². The van der Waals surface area contributed by atoms with Crippen molar-refractivity contribution in [2.45, 2.75) is 50.2 Å². The first-order chi connectivity index (χ1) is 16.3. The Morgan fingerprint density at radius 3 is 2.46 bits per heavy atom. The minimum Gasteiger partial charge on any atom is -0.444 e. The van der Waals surface area contributed by atoms with Crippen molar-refractivity contribution in [3.63, 3.8) is 0 Å². The summed E-state index contributed by atoms with van der Waals surface area (Å²) in [6.07, 6.45) is -5.67. The van der Waals surface area contributed by atoms with Crippen LogP contribution in [0.1, 0.15) is 31.9 Å². The number of anilines is 1. The van der Waals surface area contributed by atoms with Gasteiger partial charge in [0.2, 0.25) is 0 Å². The fourth-order valence-electron chi connectivity index (χ4n) is 3.20. The van der Waals surface area contributed by atoms with Gasteiger partial charge < -0.3 is 19.7 Å². The number of fused-ring (bicyclic) bond motifs is 1. The van der Waals surface area contributed by atoms with Crippen LogP contribution in [0.5, 0.6) is 5.75 Å². The van der Waals surface area contributed by atoms with E-state index >= 15 is 0 Å². The van der Waals surface area contributed by atoms with Crippen LogP contribution < -0.4 is 15.0 Å². The van der Waals surface area contributed by atoms with Crippen molar-refractivity contribution in [1.29, 1.82) is 5.26 Å². The summed E-state index contributed by atoms with van der Waals surface area (Å²) >= 11 is 1.11. The van der Waals surface area contributed by atoms with Gasteiger partial charge in [-0.15, -0.1) is 24.9 Å². The summed E-state index contributed by atoms with van der Waals surface area (Å²) < 4.78 is 60.7. The molecule has 35 heavy (non-hydrogen) atoms. The van der Waals surface area contributed by atoms with E-state index in [1.165, 1.54) is 23.1 Å². The van der Waals surface area contributed by atoms with Crippen LogP contribution in [0.3, 0.4) is 0 Å². The van der Waals surface area contributed by atoms with Crippen LogP contribution in [0.4, 0.5) is 28.0 Å². The molecule has 186 valence electrons. The second-order valence-electron chi connectivity index (χ2n) is 8.54. The van der Waals surface area contributed by atoms with E-state index in [0.29, 0.717) is 10.5 Å². The number of hydrogen-bond acceptors (Lipinski definition) is 6. The molecule has 1 N–H and O–H groups in total. The number of benzene rings is 2. The zero-order chi connectivity index (χ0) is 26.0. The standard InChI is InChI=1S/C23H21F4N3O4S/c1-22(2,3)34-21(32)29-17-12-35-19-9-16(24)14(10-28)8-18(19)30(20(17)31)11-13-4-6-15(7-5-13)33-23(25,26)27/h4-9,17H,11-12H2,1-3H3,(H,29,32)/t17-/m0/s1. The van der Waals surface area contributed by atoms with Crippen LogP contribution in [0.2, 0.25) is 0 Å². The van der Waals surface area contributed by atoms with Crippen molar-refractivity contribution in [3.8, 4) is 11.8 Å².